The highest BCUT2D eigenvalue weighted by Crippen LogP contribution is 2.20. The molecule has 23 heavy (non-hydrogen) atoms. The Bertz CT molecular complexity index is 680. The predicted octanol–water partition coefficient (Wildman–Crippen LogP) is 2.63. The first kappa shape index (κ1) is 15.5. The second kappa shape index (κ2) is 7.23. The van der Waals surface area contributed by atoms with Crippen LogP contribution in [-0.4, -0.2) is 34.8 Å². The molecular weight excluding hydrogens is 314 g/mol. The Morgan fingerprint density at radius 3 is 3.13 bits per heavy atom. The summed E-state index contributed by atoms with van der Waals surface area (Å²) in [4.78, 5) is 30.2. The fourth-order valence-corrected chi connectivity index (χ4v) is 3.06. The van der Waals surface area contributed by atoms with Crippen LogP contribution < -0.4 is 5.32 Å². The van der Waals surface area contributed by atoms with Gasteiger partial charge in [-0.05, 0) is 31.1 Å². The molecule has 6 nitrogen and oxygen atoms in total. The van der Waals surface area contributed by atoms with Crippen molar-refractivity contribution in [3.8, 4) is 0 Å². The Balaban J connectivity index is 1.57. The van der Waals surface area contributed by atoms with Crippen LogP contribution in [0.25, 0.3) is 6.08 Å². The van der Waals surface area contributed by atoms with Crippen molar-refractivity contribution < 1.29 is 14.0 Å². The summed E-state index contributed by atoms with van der Waals surface area (Å²) in [6.07, 6.45) is 7.93. The van der Waals surface area contributed by atoms with Crippen LogP contribution in [0, 0.1) is 5.92 Å². The third-order valence-electron chi connectivity index (χ3n) is 3.70. The van der Waals surface area contributed by atoms with Gasteiger partial charge >= 0.3 is 0 Å². The standard InChI is InChI=1S/C16H17N3O3S/c20-14(6-5-13-4-2-9-22-13)19-8-1-3-12(11-19)15(21)18-16-17-7-10-23-16/h2,4-7,9-10,12H,1,3,8,11H2,(H,17,18,21). The SMILES string of the molecule is O=C(Nc1nccs1)C1CCCN(C(=O)C=Cc2ccco2)C1. The molecule has 1 atom stereocenters. The number of nitrogens with zero attached hydrogens (tertiary/aromatic N) is 2. The lowest BCUT2D eigenvalue weighted by molar-refractivity contribution is -0.130. The monoisotopic (exact) mass is 331 g/mol. The summed E-state index contributed by atoms with van der Waals surface area (Å²) in [6, 6.07) is 3.55. The molecule has 0 bridgehead atoms. The van der Waals surface area contributed by atoms with Crippen LogP contribution >= 0.6 is 11.3 Å². The van der Waals surface area contributed by atoms with E-state index in [9.17, 15) is 9.59 Å². The van der Waals surface area contributed by atoms with Gasteiger partial charge < -0.3 is 14.6 Å². The van der Waals surface area contributed by atoms with Crippen LogP contribution in [0.15, 0.2) is 40.5 Å². The van der Waals surface area contributed by atoms with Gasteiger partial charge in [0.1, 0.15) is 5.76 Å². The molecule has 1 aliphatic rings. The number of hydrogen-bond acceptors (Lipinski definition) is 5. The number of amides is 2. The van der Waals surface area contributed by atoms with Crippen molar-refractivity contribution in [1.82, 2.24) is 9.88 Å². The number of hydrogen-bond donors (Lipinski definition) is 1. The van der Waals surface area contributed by atoms with E-state index in [-0.39, 0.29) is 17.7 Å². The van der Waals surface area contributed by atoms with E-state index in [4.69, 9.17) is 4.42 Å². The summed E-state index contributed by atoms with van der Waals surface area (Å²) in [7, 11) is 0. The van der Waals surface area contributed by atoms with Crippen LogP contribution in [0.2, 0.25) is 0 Å². The molecule has 0 aromatic carbocycles. The summed E-state index contributed by atoms with van der Waals surface area (Å²) >= 11 is 1.38. The fraction of sp³-hybridized carbons (Fsp3) is 0.312. The summed E-state index contributed by atoms with van der Waals surface area (Å²) < 4.78 is 5.16. The summed E-state index contributed by atoms with van der Waals surface area (Å²) in [5.74, 6) is 0.252. The van der Waals surface area contributed by atoms with E-state index in [1.807, 2.05) is 5.38 Å². The first-order valence-electron chi connectivity index (χ1n) is 7.43. The molecular formula is C16H17N3O3S. The number of rotatable bonds is 4. The van der Waals surface area contributed by atoms with Crippen LogP contribution in [0.5, 0.6) is 0 Å². The lowest BCUT2D eigenvalue weighted by Gasteiger charge is -2.31. The molecule has 2 amide bonds. The molecule has 2 aromatic rings. The molecule has 0 spiro atoms. The number of thiazole rings is 1. The number of aromatic nitrogens is 1. The largest absolute Gasteiger partial charge is 0.465 e. The third-order valence-corrected chi connectivity index (χ3v) is 4.39. The number of anilines is 1. The lowest BCUT2D eigenvalue weighted by atomic mass is 9.97. The summed E-state index contributed by atoms with van der Waals surface area (Å²) in [5, 5.41) is 5.21. The Kier molecular flexibility index (Phi) is 4.87. The molecule has 0 saturated carbocycles. The molecule has 120 valence electrons. The molecule has 0 aliphatic carbocycles. The maximum atomic E-state index is 12.3. The van der Waals surface area contributed by atoms with Gasteiger partial charge in [-0.2, -0.15) is 0 Å². The van der Waals surface area contributed by atoms with Gasteiger partial charge in [0, 0.05) is 30.7 Å². The quantitative estimate of drug-likeness (QED) is 0.874. The van der Waals surface area contributed by atoms with Crippen molar-refractivity contribution in [3.63, 3.8) is 0 Å². The van der Waals surface area contributed by atoms with Gasteiger partial charge in [-0.1, -0.05) is 0 Å². The van der Waals surface area contributed by atoms with Gasteiger partial charge in [0.25, 0.3) is 0 Å². The Morgan fingerprint density at radius 1 is 1.48 bits per heavy atom. The third kappa shape index (κ3) is 4.07. The minimum Gasteiger partial charge on any atom is -0.465 e. The van der Waals surface area contributed by atoms with E-state index < -0.39 is 0 Å². The second-order valence-electron chi connectivity index (χ2n) is 5.30. The van der Waals surface area contributed by atoms with Crippen LogP contribution in [0.1, 0.15) is 18.6 Å². The minimum absolute atomic E-state index is 0.0764. The molecule has 3 heterocycles. The molecule has 1 N–H and O–H groups in total. The fourth-order valence-electron chi connectivity index (χ4n) is 2.53. The molecule has 3 rings (SSSR count). The number of carbonyl (C=O) groups excluding carboxylic acids is 2. The highest BCUT2D eigenvalue weighted by atomic mass is 32.1. The molecule has 0 radical (unpaired) electrons. The molecule has 1 aliphatic heterocycles. The number of carbonyl (C=O) groups is 2. The molecule has 1 fully saturated rings. The zero-order valence-electron chi connectivity index (χ0n) is 12.5. The average Bonchev–Trinajstić information content (AvgIpc) is 3.26. The minimum atomic E-state index is -0.200. The van der Waals surface area contributed by atoms with E-state index in [0.29, 0.717) is 24.0 Å². The molecule has 1 unspecified atom stereocenters. The maximum absolute atomic E-state index is 12.3. The number of likely N-dealkylation sites (tertiary alicyclic amines) is 1. The van der Waals surface area contributed by atoms with E-state index in [1.54, 1.807) is 35.6 Å². The first-order valence-corrected chi connectivity index (χ1v) is 8.31. The Hall–Kier alpha value is -2.41. The summed E-state index contributed by atoms with van der Waals surface area (Å²) in [5.41, 5.74) is 0. The first-order chi connectivity index (χ1) is 11.2. The predicted molar refractivity (Wildman–Crippen MR) is 87.8 cm³/mol. The van der Waals surface area contributed by atoms with E-state index in [2.05, 4.69) is 10.3 Å². The molecule has 1 saturated heterocycles. The van der Waals surface area contributed by atoms with Gasteiger partial charge in [-0.15, -0.1) is 11.3 Å². The van der Waals surface area contributed by atoms with Crippen LogP contribution in [0.4, 0.5) is 5.13 Å². The van der Waals surface area contributed by atoms with Gasteiger partial charge in [-0.25, -0.2) is 4.98 Å². The van der Waals surface area contributed by atoms with Gasteiger partial charge in [0.05, 0.1) is 12.2 Å². The highest BCUT2D eigenvalue weighted by molar-refractivity contribution is 7.13. The van der Waals surface area contributed by atoms with Crippen LogP contribution in [-0.2, 0) is 9.59 Å². The van der Waals surface area contributed by atoms with Gasteiger partial charge in [0.2, 0.25) is 11.8 Å². The average molecular weight is 331 g/mol. The number of nitrogens with one attached hydrogen (secondary N) is 1. The Labute approximate surface area is 137 Å². The smallest absolute Gasteiger partial charge is 0.246 e. The zero-order chi connectivity index (χ0) is 16.1. The van der Waals surface area contributed by atoms with E-state index >= 15 is 0 Å². The maximum Gasteiger partial charge on any atom is 0.246 e. The van der Waals surface area contributed by atoms with Crippen molar-refractivity contribution in [2.75, 3.05) is 18.4 Å². The normalized spacial score (nSPS) is 18.3. The molecule has 2 aromatic heterocycles. The lowest BCUT2D eigenvalue weighted by Crippen LogP contribution is -2.43. The zero-order valence-corrected chi connectivity index (χ0v) is 13.3. The van der Waals surface area contributed by atoms with E-state index in [1.165, 1.54) is 17.4 Å². The molecule has 7 heteroatoms. The Morgan fingerprint density at radius 2 is 2.39 bits per heavy atom. The van der Waals surface area contributed by atoms with Crippen molar-refractivity contribution in [2.45, 2.75) is 12.8 Å². The second-order valence-corrected chi connectivity index (χ2v) is 6.19. The van der Waals surface area contributed by atoms with E-state index in [0.717, 1.165) is 12.8 Å². The number of piperidine rings is 1. The van der Waals surface area contributed by atoms with Gasteiger partial charge in [0.15, 0.2) is 5.13 Å². The van der Waals surface area contributed by atoms with Crippen molar-refractivity contribution in [3.05, 3.63) is 41.8 Å². The van der Waals surface area contributed by atoms with Gasteiger partial charge in [-0.3, -0.25) is 9.59 Å². The van der Waals surface area contributed by atoms with Crippen molar-refractivity contribution >= 4 is 34.4 Å². The van der Waals surface area contributed by atoms with Crippen LogP contribution in [0.3, 0.4) is 0 Å². The topological polar surface area (TPSA) is 75.4 Å². The summed E-state index contributed by atoms with van der Waals surface area (Å²) in [6.45, 7) is 1.10. The highest BCUT2D eigenvalue weighted by Gasteiger charge is 2.27. The van der Waals surface area contributed by atoms with Crippen molar-refractivity contribution in [1.29, 1.82) is 0 Å². The number of furan rings is 1. The van der Waals surface area contributed by atoms with Crippen molar-refractivity contribution in [2.24, 2.45) is 5.92 Å².